The summed E-state index contributed by atoms with van der Waals surface area (Å²) in [5, 5.41) is 0. The van der Waals surface area contributed by atoms with Crippen LogP contribution in [0.4, 0.5) is 0 Å². The van der Waals surface area contributed by atoms with Crippen LogP contribution in [0.3, 0.4) is 0 Å². The Balaban J connectivity index is 2.72. The molecule has 3 heteroatoms. The van der Waals surface area contributed by atoms with Gasteiger partial charge in [-0.15, -0.1) is 0 Å². The Morgan fingerprint density at radius 2 is 1.76 bits per heavy atom. The standard InChI is InChI=1S/C14H23NO2/c1-10(7-11(2)15)8-12-5-6-13(16-3)14(9-12)17-4/h5-6,9-11H,7-8,15H2,1-4H3. The van der Waals surface area contributed by atoms with Gasteiger partial charge in [-0.25, -0.2) is 0 Å². The molecule has 0 spiro atoms. The lowest BCUT2D eigenvalue weighted by Crippen LogP contribution is -2.19. The van der Waals surface area contributed by atoms with Crippen molar-refractivity contribution in [2.24, 2.45) is 11.7 Å². The smallest absolute Gasteiger partial charge is 0.160 e. The molecule has 0 amide bonds. The minimum atomic E-state index is 0.255. The monoisotopic (exact) mass is 237 g/mol. The molecular weight excluding hydrogens is 214 g/mol. The van der Waals surface area contributed by atoms with Gasteiger partial charge in [-0.2, -0.15) is 0 Å². The number of rotatable bonds is 6. The average molecular weight is 237 g/mol. The topological polar surface area (TPSA) is 44.5 Å². The summed E-state index contributed by atoms with van der Waals surface area (Å²) in [6.07, 6.45) is 2.05. The number of nitrogens with two attached hydrogens (primary N) is 1. The van der Waals surface area contributed by atoms with Crippen molar-refractivity contribution >= 4 is 0 Å². The van der Waals surface area contributed by atoms with E-state index in [1.807, 2.05) is 19.1 Å². The van der Waals surface area contributed by atoms with E-state index in [1.54, 1.807) is 14.2 Å². The highest BCUT2D eigenvalue weighted by atomic mass is 16.5. The number of benzene rings is 1. The fraction of sp³-hybridized carbons (Fsp3) is 0.571. The van der Waals surface area contributed by atoms with Gasteiger partial charge in [0.15, 0.2) is 11.5 Å². The minimum absolute atomic E-state index is 0.255. The predicted molar refractivity (Wildman–Crippen MR) is 70.7 cm³/mol. The van der Waals surface area contributed by atoms with Crippen molar-refractivity contribution < 1.29 is 9.47 Å². The summed E-state index contributed by atoms with van der Waals surface area (Å²) in [6.45, 7) is 4.27. The molecule has 0 fully saturated rings. The van der Waals surface area contributed by atoms with Crippen molar-refractivity contribution in [1.82, 2.24) is 0 Å². The molecule has 0 aromatic heterocycles. The van der Waals surface area contributed by atoms with E-state index in [0.717, 1.165) is 24.3 Å². The molecule has 96 valence electrons. The van der Waals surface area contributed by atoms with Crippen LogP contribution >= 0.6 is 0 Å². The third-order valence-electron chi connectivity index (χ3n) is 2.81. The van der Waals surface area contributed by atoms with Crippen LogP contribution in [-0.4, -0.2) is 20.3 Å². The van der Waals surface area contributed by atoms with E-state index in [-0.39, 0.29) is 6.04 Å². The molecule has 0 saturated carbocycles. The van der Waals surface area contributed by atoms with Crippen molar-refractivity contribution in [1.29, 1.82) is 0 Å². The number of ether oxygens (including phenoxy) is 2. The summed E-state index contributed by atoms with van der Waals surface area (Å²) in [5.41, 5.74) is 7.06. The van der Waals surface area contributed by atoms with Crippen molar-refractivity contribution in [2.75, 3.05) is 14.2 Å². The lowest BCUT2D eigenvalue weighted by Gasteiger charge is -2.15. The molecule has 1 aromatic carbocycles. The summed E-state index contributed by atoms with van der Waals surface area (Å²) < 4.78 is 10.5. The van der Waals surface area contributed by atoms with E-state index in [0.29, 0.717) is 5.92 Å². The molecule has 3 nitrogen and oxygen atoms in total. The molecule has 0 radical (unpaired) electrons. The first-order valence-corrected chi connectivity index (χ1v) is 6.03. The maximum absolute atomic E-state index is 5.80. The van der Waals surface area contributed by atoms with Crippen LogP contribution in [0.15, 0.2) is 18.2 Å². The van der Waals surface area contributed by atoms with E-state index in [4.69, 9.17) is 15.2 Å². The SMILES string of the molecule is COc1ccc(CC(C)CC(C)N)cc1OC. The van der Waals surface area contributed by atoms with Crippen molar-refractivity contribution in [3.8, 4) is 11.5 Å². The van der Waals surface area contributed by atoms with E-state index in [1.165, 1.54) is 5.56 Å². The Morgan fingerprint density at radius 1 is 1.12 bits per heavy atom. The van der Waals surface area contributed by atoms with Gasteiger partial charge in [-0.05, 0) is 43.4 Å². The van der Waals surface area contributed by atoms with Crippen molar-refractivity contribution in [3.63, 3.8) is 0 Å². The Morgan fingerprint density at radius 3 is 2.29 bits per heavy atom. The molecule has 0 heterocycles. The van der Waals surface area contributed by atoms with Crippen molar-refractivity contribution in [3.05, 3.63) is 23.8 Å². The molecule has 0 saturated heterocycles. The third-order valence-corrected chi connectivity index (χ3v) is 2.81. The second-order valence-corrected chi connectivity index (χ2v) is 4.71. The second kappa shape index (κ2) is 6.50. The van der Waals surface area contributed by atoms with Gasteiger partial charge >= 0.3 is 0 Å². The highest BCUT2D eigenvalue weighted by molar-refractivity contribution is 5.42. The zero-order chi connectivity index (χ0) is 12.8. The molecule has 0 aliphatic rings. The van der Waals surface area contributed by atoms with Gasteiger partial charge in [-0.1, -0.05) is 13.0 Å². The van der Waals surface area contributed by atoms with E-state index < -0.39 is 0 Å². The zero-order valence-electron chi connectivity index (χ0n) is 11.2. The second-order valence-electron chi connectivity index (χ2n) is 4.71. The van der Waals surface area contributed by atoms with Crippen LogP contribution in [0.25, 0.3) is 0 Å². The molecule has 0 bridgehead atoms. The van der Waals surface area contributed by atoms with Gasteiger partial charge in [0.2, 0.25) is 0 Å². The van der Waals surface area contributed by atoms with Gasteiger partial charge in [0.1, 0.15) is 0 Å². The molecule has 2 atom stereocenters. The summed E-state index contributed by atoms with van der Waals surface area (Å²) in [5.74, 6) is 2.14. The Kier molecular flexibility index (Phi) is 5.29. The normalized spacial score (nSPS) is 14.2. The maximum atomic E-state index is 5.80. The van der Waals surface area contributed by atoms with Crippen LogP contribution in [0, 0.1) is 5.92 Å². The summed E-state index contributed by atoms with van der Waals surface area (Å²) >= 11 is 0. The summed E-state index contributed by atoms with van der Waals surface area (Å²) in [7, 11) is 3.31. The summed E-state index contributed by atoms with van der Waals surface area (Å²) in [6, 6.07) is 6.33. The molecule has 1 rings (SSSR count). The highest BCUT2D eigenvalue weighted by Gasteiger charge is 2.09. The van der Waals surface area contributed by atoms with E-state index in [9.17, 15) is 0 Å². The average Bonchev–Trinajstić information content (AvgIpc) is 2.27. The Labute approximate surface area is 104 Å². The predicted octanol–water partition coefficient (Wildman–Crippen LogP) is 2.62. The number of hydrogen-bond donors (Lipinski definition) is 1. The van der Waals surface area contributed by atoms with Gasteiger partial charge in [0.25, 0.3) is 0 Å². The van der Waals surface area contributed by atoms with Crippen molar-refractivity contribution in [2.45, 2.75) is 32.7 Å². The summed E-state index contributed by atoms with van der Waals surface area (Å²) in [4.78, 5) is 0. The van der Waals surface area contributed by atoms with E-state index in [2.05, 4.69) is 13.0 Å². The number of hydrogen-bond acceptors (Lipinski definition) is 3. The first-order chi connectivity index (χ1) is 8.06. The van der Waals surface area contributed by atoms with Gasteiger partial charge < -0.3 is 15.2 Å². The quantitative estimate of drug-likeness (QED) is 0.827. The third kappa shape index (κ3) is 4.27. The Hall–Kier alpha value is -1.22. The molecule has 2 N–H and O–H groups in total. The van der Waals surface area contributed by atoms with Crippen LogP contribution in [0.1, 0.15) is 25.8 Å². The fourth-order valence-corrected chi connectivity index (χ4v) is 2.13. The van der Waals surface area contributed by atoms with Crippen LogP contribution in [-0.2, 0) is 6.42 Å². The maximum Gasteiger partial charge on any atom is 0.160 e. The van der Waals surface area contributed by atoms with Gasteiger partial charge in [0.05, 0.1) is 14.2 Å². The van der Waals surface area contributed by atoms with E-state index >= 15 is 0 Å². The molecular formula is C14H23NO2. The molecule has 17 heavy (non-hydrogen) atoms. The minimum Gasteiger partial charge on any atom is -0.493 e. The molecule has 0 aliphatic heterocycles. The van der Waals surface area contributed by atoms with Crippen LogP contribution in [0.5, 0.6) is 11.5 Å². The molecule has 0 aliphatic carbocycles. The first kappa shape index (κ1) is 13.8. The lowest BCUT2D eigenvalue weighted by molar-refractivity contribution is 0.354. The zero-order valence-corrected chi connectivity index (χ0v) is 11.2. The fourth-order valence-electron chi connectivity index (χ4n) is 2.13. The highest BCUT2D eigenvalue weighted by Crippen LogP contribution is 2.28. The Bertz CT molecular complexity index is 350. The lowest BCUT2D eigenvalue weighted by atomic mass is 9.95. The largest absolute Gasteiger partial charge is 0.493 e. The molecule has 1 aromatic rings. The first-order valence-electron chi connectivity index (χ1n) is 6.03. The molecule has 2 unspecified atom stereocenters. The van der Waals surface area contributed by atoms with Crippen LogP contribution in [0.2, 0.25) is 0 Å². The van der Waals surface area contributed by atoms with Gasteiger partial charge in [0, 0.05) is 6.04 Å². The number of methoxy groups -OCH3 is 2. The van der Waals surface area contributed by atoms with Crippen LogP contribution < -0.4 is 15.2 Å². The van der Waals surface area contributed by atoms with Gasteiger partial charge in [-0.3, -0.25) is 0 Å².